The van der Waals surface area contributed by atoms with E-state index in [1.165, 1.54) is 4.31 Å². The Bertz CT molecular complexity index is 1350. The molecule has 0 saturated heterocycles. The zero-order valence-electron chi connectivity index (χ0n) is 20.5. The molecule has 1 aliphatic rings. The van der Waals surface area contributed by atoms with Gasteiger partial charge in [-0.2, -0.15) is 0 Å². The highest BCUT2D eigenvalue weighted by atomic mass is 32.2. The number of fused-ring (bicyclic) bond motifs is 1. The zero-order chi connectivity index (χ0) is 26.3. The fourth-order valence-electron chi connectivity index (χ4n) is 4.33. The van der Waals surface area contributed by atoms with Gasteiger partial charge in [0.2, 0.25) is 0 Å². The molecule has 37 heavy (non-hydrogen) atoms. The van der Waals surface area contributed by atoms with E-state index in [9.17, 15) is 18.3 Å². The van der Waals surface area contributed by atoms with Crippen LogP contribution in [0.15, 0.2) is 83.8 Å². The summed E-state index contributed by atoms with van der Waals surface area (Å²) < 4.78 is 33.8. The maximum atomic E-state index is 13.3. The van der Waals surface area contributed by atoms with Crippen molar-refractivity contribution in [3.63, 3.8) is 0 Å². The smallest absolute Gasteiger partial charge is 0.303 e. The van der Waals surface area contributed by atoms with Crippen LogP contribution in [0.2, 0.25) is 0 Å². The van der Waals surface area contributed by atoms with E-state index in [1.54, 1.807) is 48.6 Å². The fraction of sp³-hybridized carbons (Fsp3) is 0.276. The Morgan fingerprint density at radius 1 is 1.05 bits per heavy atom. The van der Waals surface area contributed by atoms with Crippen LogP contribution in [0.4, 0.5) is 5.69 Å². The summed E-state index contributed by atoms with van der Waals surface area (Å²) in [6.45, 7) is 0.689. The molecule has 0 aliphatic carbocycles. The molecular formula is C29H31NO6S. The Kier molecular flexibility index (Phi) is 8.63. The van der Waals surface area contributed by atoms with Crippen LogP contribution in [0, 0.1) is 0 Å². The number of carboxylic acids is 1. The van der Waals surface area contributed by atoms with Crippen molar-refractivity contribution < 1.29 is 28.2 Å². The quantitative estimate of drug-likeness (QED) is 0.379. The lowest BCUT2D eigenvalue weighted by Crippen LogP contribution is -2.35. The normalized spacial score (nSPS) is 14.4. The summed E-state index contributed by atoms with van der Waals surface area (Å²) >= 11 is 0. The first kappa shape index (κ1) is 26.4. The summed E-state index contributed by atoms with van der Waals surface area (Å²) in [5.41, 5.74) is 3.28. The van der Waals surface area contributed by atoms with Crippen molar-refractivity contribution >= 4 is 27.8 Å². The zero-order valence-corrected chi connectivity index (χ0v) is 21.3. The van der Waals surface area contributed by atoms with Crippen molar-refractivity contribution in [1.82, 2.24) is 0 Å². The molecule has 194 valence electrons. The number of benzene rings is 3. The van der Waals surface area contributed by atoms with Crippen molar-refractivity contribution in [2.45, 2.75) is 43.1 Å². The Balaban J connectivity index is 1.40. The minimum atomic E-state index is -3.66. The van der Waals surface area contributed by atoms with E-state index in [0.717, 1.165) is 29.5 Å². The highest BCUT2D eigenvalue weighted by molar-refractivity contribution is 7.92. The lowest BCUT2D eigenvalue weighted by atomic mass is 10.0. The number of aliphatic carboxylic acids is 1. The number of hydrogen-bond acceptors (Lipinski definition) is 5. The maximum Gasteiger partial charge on any atom is 0.303 e. The van der Waals surface area contributed by atoms with Crippen molar-refractivity contribution in [1.29, 1.82) is 0 Å². The number of rotatable bonds is 11. The van der Waals surface area contributed by atoms with Gasteiger partial charge in [0.05, 0.1) is 23.3 Å². The Labute approximate surface area is 217 Å². The number of ether oxygens (including phenoxy) is 1. The summed E-state index contributed by atoms with van der Waals surface area (Å²) in [5.74, 6) is -0.243. The molecule has 0 spiro atoms. The molecule has 0 amide bonds. The number of aryl methyl sites for hydroxylation is 2. The number of carbonyl (C=O) groups is 1. The monoisotopic (exact) mass is 521 g/mol. The van der Waals surface area contributed by atoms with Crippen LogP contribution in [0.3, 0.4) is 0 Å². The van der Waals surface area contributed by atoms with E-state index < -0.39 is 22.1 Å². The van der Waals surface area contributed by atoms with E-state index in [0.29, 0.717) is 30.8 Å². The number of anilines is 1. The number of hydrogen-bond donors (Lipinski definition) is 2. The summed E-state index contributed by atoms with van der Waals surface area (Å²) in [4.78, 5) is 11.1. The first-order valence-electron chi connectivity index (χ1n) is 12.3. The molecule has 0 bridgehead atoms. The van der Waals surface area contributed by atoms with Crippen LogP contribution in [-0.4, -0.2) is 43.9 Å². The van der Waals surface area contributed by atoms with E-state index in [1.807, 2.05) is 36.4 Å². The van der Waals surface area contributed by atoms with Gasteiger partial charge in [-0.1, -0.05) is 60.7 Å². The summed E-state index contributed by atoms with van der Waals surface area (Å²) in [6.07, 6.45) is 5.02. The number of carboxylic acid groups (broad SMARTS) is 1. The fourth-order valence-corrected chi connectivity index (χ4v) is 5.89. The minimum absolute atomic E-state index is 0.0244. The minimum Gasteiger partial charge on any atom is -0.493 e. The number of aliphatic hydroxyl groups is 1. The molecule has 7 nitrogen and oxygen atoms in total. The molecule has 3 aromatic carbocycles. The lowest BCUT2D eigenvalue weighted by molar-refractivity contribution is -0.136. The Morgan fingerprint density at radius 3 is 2.59 bits per heavy atom. The van der Waals surface area contributed by atoms with Crippen LogP contribution in [0.1, 0.15) is 36.0 Å². The van der Waals surface area contributed by atoms with Gasteiger partial charge in [0.25, 0.3) is 10.0 Å². The average Bonchev–Trinajstić information content (AvgIpc) is 2.91. The molecule has 8 heteroatoms. The van der Waals surface area contributed by atoms with Gasteiger partial charge in [-0.05, 0) is 60.2 Å². The number of para-hydroxylation sites is 1. The van der Waals surface area contributed by atoms with Crippen LogP contribution in [0.5, 0.6) is 5.75 Å². The van der Waals surface area contributed by atoms with Gasteiger partial charge in [0.15, 0.2) is 0 Å². The lowest BCUT2D eigenvalue weighted by Gasteiger charge is -2.30. The molecule has 0 saturated carbocycles. The summed E-state index contributed by atoms with van der Waals surface area (Å²) in [7, 11) is -3.66. The van der Waals surface area contributed by atoms with E-state index >= 15 is 0 Å². The number of sulfonamides is 1. The molecule has 0 unspecified atom stereocenters. The highest BCUT2D eigenvalue weighted by Gasteiger charge is 2.29. The molecule has 1 heterocycles. The third kappa shape index (κ3) is 6.78. The SMILES string of the molecule is O=C(O)CCc1ccccc1OCC[C@@H](O)/C=C/c1ccc2c(c1)N(S(=O)(=O)c1ccccc1)CCC2. The van der Waals surface area contributed by atoms with Crippen molar-refractivity contribution in [2.24, 2.45) is 0 Å². The second kappa shape index (κ2) is 12.1. The first-order chi connectivity index (χ1) is 17.8. The van der Waals surface area contributed by atoms with Gasteiger partial charge in [0, 0.05) is 19.4 Å². The highest BCUT2D eigenvalue weighted by Crippen LogP contribution is 2.33. The Morgan fingerprint density at radius 2 is 1.81 bits per heavy atom. The van der Waals surface area contributed by atoms with E-state index in [-0.39, 0.29) is 17.9 Å². The molecule has 1 aliphatic heterocycles. The van der Waals surface area contributed by atoms with Crippen molar-refractivity contribution in [3.05, 3.63) is 95.6 Å². The largest absolute Gasteiger partial charge is 0.493 e. The number of nitrogens with zero attached hydrogens (tertiary/aromatic N) is 1. The maximum absolute atomic E-state index is 13.3. The first-order valence-corrected chi connectivity index (χ1v) is 13.8. The third-order valence-electron chi connectivity index (χ3n) is 6.28. The molecule has 0 radical (unpaired) electrons. The number of aliphatic hydroxyl groups excluding tert-OH is 1. The van der Waals surface area contributed by atoms with Crippen molar-refractivity contribution in [3.8, 4) is 5.75 Å². The van der Waals surface area contributed by atoms with Gasteiger partial charge in [-0.25, -0.2) is 8.42 Å². The molecule has 0 aromatic heterocycles. The topological polar surface area (TPSA) is 104 Å². The van der Waals surface area contributed by atoms with Crippen LogP contribution in [-0.2, 0) is 27.7 Å². The second-order valence-corrected chi connectivity index (χ2v) is 10.8. The van der Waals surface area contributed by atoms with E-state index in [4.69, 9.17) is 9.84 Å². The van der Waals surface area contributed by atoms with Gasteiger partial charge in [0.1, 0.15) is 5.75 Å². The molecule has 3 aromatic rings. The van der Waals surface area contributed by atoms with Gasteiger partial charge in [-0.15, -0.1) is 0 Å². The standard InChI is InChI=1S/C29H31NO6S/c31-25(18-20-36-28-11-5-4-7-24(28)15-17-29(32)33)16-13-22-12-14-23-8-6-19-30(27(23)21-22)37(34,35)26-9-2-1-3-10-26/h1-5,7,9-14,16,21,25,31H,6,8,15,17-20H2,(H,32,33)/b16-13+/t25-/m0/s1. The Hall–Kier alpha value is -3.62. The van der Waals surface area contributed by atoms with Gasteiger partial charge >= 0.3 is 5.97 Å². The molecule has 0 fully saturated rings. The summed E-state index contributed by atoms with van der Waals surface area (Å²) in [5, 5.41) is 19.4. The third-order valence-corrected chi connectivity index (χ3v) is 8.11. The molecule has 1 atom stereocenters. The van der Waals surface area contributed by atoms with Crippen LogP contribution >= 0.6 is 0 Å². The average molecular weight is 522 g/mol. The molecule has 4 rings (SSSR count). The predicted molar refractivity (Wildman–Crippen MR) is 143 cm³/mol. The van der Waals surface area contributed by atoms with E-state index in [2.05, 4.69) is 0 Å². The van der Waals surface area contributed by atoms with Crippen LogP contribution < -0.4 is 9.04 Å². The molecular weight excluding hydrogens is 490 g/mol. The van der Waals surface area contributed by atoms with Gasteiger partial charge in [-0.3, -0.25) is 9.10 Å². The summed E-state index contributed by atoms with van der Waals surface area (Å²) in [6, 6.07) is 21.5. The van der Waals surface area contributed by atoms with Crippen LogP contribution in [0.25, 0.3) is 6.08 Å². The molecule has 2 N–H and O–H groups in total. The van der Waals surface area contributed by atoms with Gasteiger partial charge < -0.3 is 14.9 Å². The predicted octanol–water partition coefficient (Wildman–Crippen LogP) is 4.69. The van der Waals surface area contributed by atoms with Crippen molar-refractivity contribution in [2.75, 3.05) is 17.5 Å². The second-order valence-electron chi connectivity index (χ2n) is 8.95.